The lowest BCUT2D eigenvalue weighted by atomic mass is 9.99. The number of furan rings is 1. The highest BCUT2D eigenvalue weighted by Crippen LogP contribution is 2.42. The van der Waals surface area contributed by atoms with E-state index in [1.165, 1.54) is 22.3 Å². The lowest BCUT2D eigenvalue weighted by molar-refractivity contribution is 0.671. The SMILES string of the molecule is Cc1ccc(N(c2ccc(C)cc2)c2ccc(-c3cccc4c3oc3c(-c5ccc(N(c6ccc(C)cc6)c6ccc(C)cc6)cc5)cccc34)cc2)cc1. The van der Waals surface area contributed by atoms with Crippen molar-refractivity contribution in [2.75, 3.05) is 9.80 Å². The largest absolute Gasteiger partial charge is 0.455 e. The first-order chi connectivity index (χ1) is 26.9. The maximum atomic E-state index is 6.88. The fourth-order valence-electron chi connectivity index (χ4n) is 7.52. The van der Waals surface area contributed by atoms with Gasteiger partial charge in [-0.3, -0.25) is 0 Å². The Morgan fingerprint density at radius 1 is 0.291 bits per heavy atom. The topological polar surface area (TPSA) is 19.6 Å². The van der Waals surface area contributed by atoms with E-state index in [0.717, 1.165) is 78.3 Å². The van der Waals surface area contributed by atoms with Gasteiger partial charge in [0.15, 0.2) is 0 Å². The monoisotopic (exact) mass is 710 g/mol. The average Bonchev–Trinajstić information content (AvgIpc) is 3.61. The van der Waals surface area contributed by atoms with Gasteiger partial charge in [-0.05, 0) is 112 Å². The molecule has 0 saturated heterocycles. The van der Waals surface area contributed by atoms with Gasteiger partial charge in [0.05, 0.1) is 0 Å². The van der Waals surface area contributed by atoms with Crippen LogP contribution >= 0.6 is 0 Å². The number of para-hydroxylation sites is 2. The molecule has 0 aliphatic rings. The van der Waals surface area contributed by atoms with Crippen LogP contribution in [-0.4, -0.2) is 0 Å². The molecule has 0 spiro atoms. The Labute approximate surface area is 323 Å². The van der Waals surface area contributed by atoms with Gasteiger partial charge in [-0.25, -0.2) is 0 Å². The van der Waals surface area contributed by atoms with Crippen molar-refractivity contribution in [1.82, 2.24) is 0 Å². The third kappa shape index (κ3) is 6.55. The van der Waals surface area contributed by atoms with Gasteiger partial charge in [-0.1, -0.05) is 131 Å². The summed E-state index contributed by atoms with van der Waals surface area (Å²) in [5.74, 6) is 0. The summed E-state index contributed by atoms with van der Waals surface area (Å²) in [6.07, 6.45) is 0. The van der Waals surface area contributed by atoms with E-state index in [9.17, 15) is 0 Å². The Kier molecular flexibility index (Phi) is 8.76. The van der Waals surface area contributed by atoms with Crippen LogP contribution in [0.1, 0.15) is 22.3 Å². The molecule has 8 aromatic carbocycles. The molecule has 0 saturated carbocycles. The average molecular weight is 711 g/mol. The van der Waals surface area contributed by atoms with Crippen molar-refractivity contribution < 1.29 is 4.42 Å². The molecule has 0 bridgehead atoms. The first-order valence-electron chi connectivity index (χ1n) is 18.9. The Hall–Kier alpha value is -6.84. The summed E-state index contributed by atoms with van der Waals surface area (Å²) in [4.78, 5) is 4.62. The van der Waals surface area contributed by atoms with Crippen molar-refractivity contribution in [3.05, 3.63) is 204 Å². The van der Waals surface area contributed by atoms with Crippen LogP contribution in [0.4, 0.5) is 34.1 Å². The number of fused-ring (bicyclic) bond motifs is 3. The molecule has 9 rings (SSSR count). The number of benzene rings is 8. The van der Waals surface area contributed by atoms with Gasteiger partial charge in [0.2, 0.25) is 0 Å². The molecule has 0 N–H and O–H groups in total. The van der Waals surface area contributed by atoms with Crippen molar-refractivity contribution in [1.29, 1.82) is 0 Å². The molecule has 0 atom stereocenters. The predicted molar refractivity (Wildman–Crippen MR) is 233 cm³/mol. The van der Waals surface area contributed by atoms with Crippen LogP contribution in [0.5, 0.6) is 0 Å². The van der Waals surface area contributed by atoms with Crippen molar-refractivity contribution in [3.63, 3.8) is 0 Å². The molecule has 0 unspecified atom stereocenters. The van der Waals surface area contributed by atoms with Gasteiger partial charge in [0.1, 0.15) is 11.2 Å². The summed E-state index contributed by atoms with van der Waals surface area (Å²) in [5, 5.41) is 2.22. The lowest BCUT2D eigenvalue weighted by Gasteiger charge is -2.26. The van der Waals surface area contributed by atoms with Gasteiger partial charge in [0, 0.05) is 56.0 Å². The summed E-state index contributed by atoms with van der Waals surface area (Å²) in [5.41, 5.74) is 17.8. The van der Waals surface area contributed by atoms with E-state index < -0.39 is 0 Å². The molecule has 55 heavy (non-hydrogen) atoms. The summed E-state index contributed by atoms with van der Waals surface area (Å²) >= 11 is 0. The highest BCUT2D eigenvalue weighted by molar-refractivity contribution is 6.13. The predicted octanol–water partition coefficient (Wildman–Crippen LogP) is 15.1. The lowest BCUT2D eigenvalue weighted by Crippen LogP contribution is -2.09. The molecule has 0 radical (unpaired) electrons. The van der Waals surface area contributed by atoms with Crippen LogP contribution < -0.4 is 9.80 Å². The summed E-state index contributed by atoms with van der Waals surface area (Å²) < 4.78 is 6.88. The number of rotatable bonds is 8. The van der Waals surface area contributed by atoms with Crippen LogP contribution in [0.25, 0.3) is 44.2 Å². The van der Waals surface area contributed by atoms with E-state index in [2.05, 4.69) is 219 Å². The Balaban J connectivity index is 1.08. The molecule has 1 heterocycles. The van der Waals surface area contributed by atoms with E-state index >= 15 is 0 Å². The van der Waals surface area contributed by atoms with Gasteiger partial charge in [-0.15, -0.1) is 0 Å². The minimum absolute atomic E-state index is 0.896. The second-order valence-corrected chi connectivity index (χ2v) is 14.6. The molecular weight excluding hydrogens is 669 g/mol. The van der Waals surface area contributed by atoms with Crippen molar-refractivity contribution >= 4 is 56.1 Å². The normalized spacial score (nSPS) is 11.3. The molecule has 0 amide bonds. The third-order valence-electron chi connectivity index (χ3n) is 10.6. The number of hydrogen-bond acceptors (Lipinski definition) is 3. The fourth-order valence-corrected chi connectivity index (χ4v) is 7.52. The molecule has 0 aliphatic carbocycles. The molecule has 0 aliphatic heterocycles. The highest BCUT2D eigenvalue weighted by atomic mass is 16.3. The number of anilines is 6. The third-order valence-corrected chi connectivity index (χ3v) is 10.6. The molecule has 3 heteroatoms. The molecular formula is C52H42N2O. The first-order valence-corrected chi connectivity index (χ1v) is 18.9. The highest BCUT2D eigenvalue weighted by Gasteiger charge is 2.18. The van der Waals surface area contributed by atoms with Crippen molar-refractivity contribution in [2.45, 2.75) is 27.7 Å². The molecule has 1 aromatic heterocycles. The zero-order valence-electron chi connectivity index (χ0n) is 31.6. The fraction of sp³-hybridized carbons (Fsp3) is 0.0769. The number of aryl methyl sites for hydroxylation is 4. The Morgan fingerprint density at radius 3 is 0.818 bits per heavy atom. The van der Waals surface area contributed by atoms with E-state index in [0.29, 0.717) is 0 Å². The minimum Gasteiger partial charge on any atom is -0.455 e. The quantitative estimate of drug-likeness (QED) is 0.157. The summed E-state index contributed by atoms with van der Waals surface area (Å²) in [7, 11) is 0. The number of nitrogens with zero attached hydrogens (tertiary/aromatic N) is 2. The first kappa shape index (κ1) is 34.0. The smallest absolute Gasteiger partial charge is 0.143 e. The molecule has 266 valence electrons. The van der Waals surface area contributed by atoms with E-state index in [1.807, 2.05) is 0 Å². The van der Waals surface area contributed by atoms with Gasteiger partial charge < -0.3 is 14.2 Å². The van der Waals surface area contributed by atoms with Gasteiger partial charge in [0.25, 0.3) is 0 Å². The van der Waals surface area contributed by atoms with Crippen LogP contribution in [0.15, 0.2) is 186 Å². The van der Waals surface area contributed by atoms with Crippen LogP contribution in [-0.2, 0) is 0 Å². The van der Waals surface area contributed by atoms with Crippen LogP contribution in [0.2, 0.25) is 0 Å². The number of hydrogen-bond donors (Lipinski definition) is 0. The van der Waals surface area contributed by atoms with Crippen LogP contribution in [0, 0.1) is 27.7 Å². The summed E-state index contributed by atoms with van der Waals surface area (Å²) in [6, 6.07) is 65.5. The van der Waals surface area contributed by atoms with E-state index in [1.54, 1.807) is 0 Å². The second kappa shape index (κ2) is 14.2. The van der Waals surface area contributed by atoms with Gasteiger partial charge >= 0.3 is 0 Å². The van der Waals surface area contributed by atoms with Crippen molar-refractivity contribution in [3.8, 4) is 22.3 Å². The van der Waals surface area contributed by atoms with Crippen LogP contribution in [0.3, 0.4) is 0 Å². The maximum Gasteiger partial charge on any atom is 0.143 e. The maximum absolute atomic E-state index is 6.88. The Bertz CT molecular complexity index is 2460. The molecule has 3 nitrogen and oxygen atoms in total. The second-order valence-electron chi connectivity index (χ2n) is 14.6. The summed E-state index contributed by atoms with van der Waals surface area (Å²) in [6.45, 7) is 8.50. The zero-order chi connectivity index (χ0) is 37.5. The zero-order valence-corrected chi connectivity index (χ0v) is 31.6. The van der Waals surface area contributed by atoms with Gasteiger partial charge in [-0.2, -0.15) is 0 Å². The molecule has 9 aromatic rings. The molecule has 0 fully saturated rings. The minimum atomic E-state index is 0.896. The van der Waals surface area contributed by atoms with Crippen molar-refractivity contribution in [2.24, 2.45) is 0 Å². The Morgan fingerprint density at radius 2 is 0.545 bits per heavy atom. The standard InChI is InChI=1S/C52H42N2O/c1-35-11-23-41(24-12-35)53(42-25-13-36(2)14-26-42)45-31-19-39(20-32-45)47-7-5-9-49-50-10-6-8-48(52(50)55-51(47)49)40-21-33-46(34-22-40)54(43-27-15-37(3)16-28-43)44-29-17-38(4)18-30-44/h5-34H,1-4H3. The van der Waals surface area contributed by atoms with E-state index in [-0.39, 0.29) is 0 Å². The van der Waals surface area contributed by atoms with E-state index in [4.69, 9.17) is 4.42 Å².